The van der Waals surface area contributed by atoms with Crippen molar-refractivity contribution in [3.05, 3.63) is 64.2 Å². The van der Waals surface area contributed by atoms with Crippen molar-refractivity contribution in [2.75, 3.05) is 23.7 Å². The first kappa shape index (κ1) is 29.6. The zero-order valence-electron chi connectivity index (χ0n) is 22.0. The number of hydrogen-bond donors (Lipinski definition) is 1. The summed E-state index contributed by atoms with van der Waals surface area (Å²) in [6, 6.07) is 12.2. The van der Waals surface area contributed by atoms with Crippen molar-refractivity contribution >= 4 is 39.1 Å². The van der Waals surface area contributed by atoms with Crippen molar-refractivity contribution in [3.8, 4) is 0 Å². The van der Waals surface area contributed by atoms with E-state index in [2.05, 4.69) is 5.32 Å². The third-order valence-corrected chi connectivity index (χ3v) is 7.46. The van der Waals surface area contributed by atoms with E-state index in [0.717, 1.165) is 22.9 Å². The largest absolute Gasteiger partial charge is 0.354 e. The van der Waals surface area contributed by atoms with Crippen LogP contribution in [0.5, 0.6) is 0 Å². The molecule has 2 rings (SSSR count). The minimum Gasteiger partial charge on any atom is -0.354 e. The van der Waals surface area contributed by atoms with Crippen LogP contribution in [0.3, 0.4) is 0 Å². The van der Waals surface area contributed by atoms with Crippen LogP contribution >= 0.6 is 11.6 Å². The van der Waals surface area contributed by atoms with Gasteiger partial charge in [0.15, 0.2) is 0 Å². The molecular formula is C27H38ClN3O4S. The van der Waals surface area contributed by atoms with Gasteiger partial charge < -0.3 is 10.2 Å². The third-order valence-electron chi connectivity index (χ3n) is 6.05. The highest BCUT2D eigenvalue weighted by atomic mass is 35.5. The molecule has 0 spiro atoms. The predicted octanol–water partition coefficient (Wildman–Crippen LogP) is 4.69. The molecule has 0 bridgehead atoms. The third kappa shape index (κ3) is 8.52. The maximum atomic E-state index is 13.4. The summed E-state index contributed by atoms with van der Waals surface area (Å²) in [4.78, 5) is 27.8. The number of benzene rings is 2. The average molecular weight is 536 g/mol. The first-order valence-corrected chi connectivity index (χ1v) is 14.4. The fourth-order valence-corrected chi connectivity index (χ4v) is 5.02. The standard InChI is InChI=1S/C27H38ClN3O4S/c1-19(2)17-29-27(33)22(5)30(18-23-11-8-7-10-20(23)3)26(32)12-9-15-31(36(6,34)35)25-16-24(28)14-13-21(25)4/h7-8,10-11,13-14,16,19,22H,9,12,15,17-18H2,1-6H3,(H,29,33)/t22-/m0/s1. The molecule has 2 aromatic carbocycles. The number of hydrogen-bond acceptors (Lipinski definition) is 4. The number of aryl methyl sites for hydroxylation is 2. The second-order valence-corrected chi connectivity index (χ2v) is 12.0. The van der Waals surface area contributed by atoms with Gasteiger partial charge in [-0.3, -0.25) is 13.9 Å². The van der Waals surface area contributed by atoms with E-state index in [1.54, 1.807) is 30.0 Å². The Morgan fingerprint density at radius 3 is 2.31 bits per heavy atom. The summed E-state index contributed by atoms with van der Waals surface area (Å²) in [5, 5.41) is 3.35. The molecule has 198 valence electrons. The van der Waals surface area contributed by atoms with Gasteiger partial charge in [-0.2, -0.15) is 0 Å². The van der Waals surface area contributed by atoms with Gasteiger partial charge in [-0.1, -0.05) is 55.8 Å². The highest BCUT2D eigenvalue weighted by Crippen LogP contribution is 2.27. The lowest BCUT2D eigenvalue weighted by atomic mass is 10.1. The second kappa shape index (κ2) is 13.1. The number of sulfonamides is 1. The van der Waals surface area contributed by atoms with Gasteiger partial charge in [0.05, 0.1) is 11.9 Å². The summed E-state index contributed by atoms with van der Waals surface area (Å²) in [5.41, 5.74) is 3.26. The zero-order valence-corrected chi connectivity index (χ0v) is 23.6. The van der Waals surface area contributed by atoms with Crippen LogP contribution in [0.2, 0.25) is 5.02 Å². The van der Waals surface area contributed by atoms with Crippen molar-refractivity contribution in [2.24, 2.45) is 5.92 Å². The van der Waals surface area contributed by atoms with Gasteiger partial charge in [0.25, 0.3) is 0 Å². The Morgan fingerprint density at radius 1 is 1.03 bits per heavy atom. The highest BCUT2D eigenvalue weighted by molar-refractivity contribution is 7.92. The van der Waals surface area contributed by atoms with E-state index < -0.39 is 16.1 Å². The van der Waals surface area contributed by atoms with Gasteiger partial charge in [-0.05, 0) is 61.9 Å². The molecule has 0 unspecified atom stereocenters. The Kier molecular flexibility index (Phi) is 10.8. The number of halogens is 1. The van der Waals surface area contributed by atoms with Crippen LogP contribution in [0.15, 0.2) is 42.5 Å². The Balaban J connectivity index is 2.21. The lowest BCUT2D eigenvalue weighted by Crippen LogP contribution is -2.48. The highest BCUT2D eigenvalue weighted by Gasteiger charge is 2.27. The van der Waals surface area contributed by atoms with E-state index in [0.29, 0.717) is 36.1 Å². The number of anilines is 1. The Labute approximate surface area is 220 Å². The monoisotopic (exact) mass is 535 g/mol. The predicted molar refractivity (Wildman–Crippen MR) is 147 cm³/mol. The van der Waals surface area contributed by atoms with Crippen LogP contribution < -0.4 is 9.62 Å². The fraction of sp³-hybridized carbons (Fsp3) is 0.481. The number of nitrogens with zero attached hydrogens (tertiary/aromatic N) is 2. The molecule has 0 radical (unpaired) electrons. The molecule has 2 aromatic rings. The van der Waals surface area contributed by atoms with Crippen LogP contribution in [0.25, 0.3) is 0 Å². The van der Waals surface area contributed by atoms with Gasteiger partial charge in [-0.15, -0.1) is 0 Å². The zero-order chi connectivity index (χ0) is 27.0. The molecule has 0 aliphatic rings. The second-order valence-electron chi connectivity index (χ2n) is 9.63. The van der Waals surface area contributed by atoms with E-state index in [9.17, 15) is 18.0 Å². The molecule has 1 atom stereocenters. The van der Waals surface area contributed by atoms with Crippen molar-refractivity contribution in [1.29, 1.82) is 0 Å². The molecule has 0 aliphatic carbocycles. The minimum atomic E-state index is -3.59. The van der Waals surface area contributed by atoms with Crippen LogP contribution in [-0.2, 0) is 26.2 Å². The van der Waals surface area contributed by atoms with E-state index in [-0.39, 0.29) is 24.8 Å². The summed E-state index contributed by atoms with van der Waals surface area (Å²) >= 11 is 6.12. The van der Waals surface area contributed by atoms with Gasteiger partial charge in [0.2, 0.25) is 21.8 Å². The Bertz CT molecular complexity index is 1170. The maximum absolute atomic E-state index is 13.4. The molecule has 0 saturated heterocycles. The van der Waals surface area contributed by atoms with E-state index in [1.165, 1.54) is 4.31 Å². The van der Waals surface area contributed by atoms with E-state index in [4.69, 9.17) is 11.6 Å². The van der Waals surface area contributed by atoms with Gasteiger partial charge >= 0.3 is 0 Å². The molecule has 0 aromatic heterocycles. The van der Waals surface area contributed by atoms with Gasteiger partial charge in [0, 0.05) is 31.1 Å². The van der Waals surface area contributed by atoms with Crippen LogP contribution in [-0.4, -0.2) is 50.5 Å². The van der Waals surface area contributed by atoms with Crippen molar-refractivity contribution in [3.63, 3.8) is 0 Å². The first-order chi connectivity index (χ1) is 16.8. The number of carbonyl (C=O) groups excluding carboxylic acids is 2. The first-order valence-electron chi connectivity index (χ1n) is 12.2. The average Bonchev–Trinajstić information content (AvgIpc) is 2.80. The summed E-state index contributed by atoms with van der Waals surface area (Å²) in [5.74, 6) is -0.127. The van der Waals surface area contributed by atoms with Crippen LogP contribution in [0, 0.1) is 19.8 Å². The fourth-order valence-electron chi connectivity index (χ4n) is 3.84. The quantitative estimate of drug-likeness (QED) is 0.427. The van der Waals surface area contributed by atoms with Crippen molar-refractivity contribution in [2.45, 2.75) is 60.0 Å². The normalized spacial score (nSPS) is 12.3. The topological polar surface area (TPSA) is 86.8 Å². The van der Waals surface area contributed by atoms with E-state index >= 15 is 0 Å². The number of carbonyl (C=O) groups is 2. The molecule has 0 fully saturated rings. The maximum Gasteiger partial charge on any atom is 0.242 e. The minimum absolute atomic E-state index is 0.0965. The molecular weight excluding hydrogens is 498 g/mol. The SMILES string of the molecule is Cc1ccccc1CN(C(=O)CCCN(c1cc(Cl)ccc1C)S(C)(=O)=O)[C@@H](C)C(=O)NCC(C)C. The molecule has 2 amide bonds. The number of nitrogens with one attached hydrogen (secondary N) is 1. The van der Waals surface area contributed by atoms with Gasteiger partial charge in [-0.25, -0.2) is 8.42 Å². The molecule has 9 heteroatoms. The summed E-state index contributed by atoms with van der Waals surface area (Å²) < 4.78 is 26.4. The smallest absolute Gasteiger partial charge is 0.242 e. The molecule has 0 heterocycles. The lowest BCUT2D eigenvalue weighted by molar-refractivity contribution is -0.140. The Morgan fingerprint density at radius 2 is 1.69 bits per heavy atom. The molecule has 1 N–H and O–H groups in total. The number of amides is 2. The Hall–Kier alpha value is -2.58. The summed E-state index contributed by atoms with van der Waals surface area (Å²) in [6.45, 7) is 10.5. The molecule has 0 aliphatic heterocycles. The molecule has 36 heavy (non-hydrogen) atoms. The van der Waals surface area contributed by atoms with Crippen molar-refractivity contribution in [1.82, 2.24) is 10.2 Å². The van der Waals surface area contributed by atoms with Crippen molar-refractivity contribution < 1.29 is 18.0 Å². The molecule has 0 saturated carbocycles. The van der Waals surface area contributed by atoms with Gasteiger partial charge in [0.1, 0.15) is 6.04 Å². The van der Waals surface area contributed by atoms with E-state index in [1.807, 2.05) is 52.0 Å². The summed E-state index contributed by atoms with van der Waals surface area (Å²) in [6.07, 6.45) is 1.53. The molecule has 7 nitrogen and oxygen atoms in total. The van der Waals surface area contributed by atoms with Crippen LogP contribution in [0.4, 0.5) is 5.69 Å². The lowest BCUT2D eigenvalue weighted by Gasteiger charge is -2.30. The van der Waals surface area contributed by atoms with Crippen LogP contribution in [0.1, 0.15) is 50.3 Å². The number of rotatable bonds is 12. The summed E-state index contributed by atoms with van der Waals surface area (Å²) in [7, 11) is -3.59.